The molecule has 2 heterocycles. The molecule has 0 spiro atoms. The molecule has 2 N–H and O–H groups in total. The quantitative estimate of drug-likeness (QED) is 0.823. The summed E-state index contributed by atoms with van der Waals surface area (Å²) in [7, 11) is 0. The van der Waals surface area contributed by atoms with Gasteiger partial charge in [0.15, 0.2) is 0 Å². The van der Waals surface area contributed by atoms with Gasteiger partial charge in [-0.25, -0.2) is 0 Å². The van der Waals surface area contributed by atoms with Crippen LogP contribution in [-0.4, -0.2) is 46.1 Å². The summed E-state index contributed by atoms with van der Waals surface area (Å²) in [5.41, 5.74) is 1.22. The fourth-order valence-corrected chi connectivity index (χ4v) is 2.49. The summed E-state index contributed by atoms with van der Waals surface area (Å²) >= 11 is 0. The van der Waals surface area contributed by atoms with Crippen LogP contribution >= 0.6 is 0 Å². The van der Waals surface area contributed by atoms with E-state index < -0.39 is 5.97 Å². The smallest absolute Gasteiger partial charge is 0.304 e. The topological polar surface area (TPSA) is 65.5 Å². The van der Waals surface area contributed by atoms with Crippen molar-refractivity contribution in [1.29, 1.82) is 0 Å². The van der Waals surface area contributed by atoms with Gasteiger partial charge in [-0.3, -0.25) is 14.7 Å². The van der Waals surface area contributed by atoms with Gasteiger partial charge in [0.1, 0.15) is 0 Å². The van der Waals surface area contributed by atoms with Gasteiger partial charge in [0.25, 0.3) is 0 Å². The summed E-state index contributed by atoms with van der Waals surface area (Å²) in [5, 5.41) is 12.2. The van der Waals surface area contributed by atoms with Crippen molar-refractivity contribution in [3.63, 3.8) is 0 Å². The van der Waals surface area contributed by atoms with Gasteiger partial charge in [0.2, 0.25) is 0 Å². The minimum Gasteiger partial charge on any atom is -0.481 e. The lowest BCUT2D eigenvalue weighted by molar-refractivity contribution is -0.137. The lowest BCUT2D eigenvalue weighted by atomic mass is 10.1. The van der Waals surface area contributed by atoms with E-state index in [-0.39, 0.29) is 12.5 Å². The number of rotatable bonds is 4. The summed E-state index contributed by atoms with van der Waals surface area (Å²) < 4.78 is 0. The zero-order valence-electron chi connectivity index (χ0n) is 10.5. The highest BCUT2D eigenvalue weighted by atomic mass is 16.4. The molecule has 18 heavy (non-hydrogen) atoms. The molecule has 0 bridgehead atoms. The van der Waals surface area contributed by atoms with Crippen molar-refractivity contribution in [2.75, 3.05) is 13.1 Å². The molecule has 1 fully saturated rings. The van der Waals surface area contributed by atoms with Crippen LogP contribution < -0.4 is 5.32 Å². The largest absolute Gasteiger partial charge is 0.481 e. The molecule has 2 atom stereocenters. The maximum Gasteiger partial charge on any atom is 0.304 e. The van der Waals surface area contributed by atoms with Crippen LogP contribution in [0.2, 0.25) is 0 Å². The van der Waals surface area contributed by atoms with Crippen LogP contribution in [0.5, 0.6) is 0 Å². The number of nitrogens with one attached hydrogen (secondary N) is 1. The number of carboxylic acids is 1. The number of hydrogen-bond donors (Lipinski definition) is 2. The predicted molar refractivity (Wildman–Crippen MR) is 68.2 cm³/mol. The Morgan fingerprint density at radius 3 is 2.89 bits per heavy atom. The molecule has 0 amide bonds. The first-order valence-corrected chi connectivity index (χ1v) is 6.22. The Labute approximate surface area is 107 Å². The Hall–Kier alpha value is -1.46. The molecule has 0 aliphatic carbocycles. The highest BCUT2D eigenvalue weighted by molar-refractivity contribution is 5.67. The van der Waals surface area contributed by atoms with Gasteiger partial charge in [-0.1, -0.05) is 0 Å². The van der Waals surface area contributed by atoms with Gasteiger partial charge < -0.3 is 10.4 Å². The molecule has 98 valence electrons. The zero-order valence-corrected chi connectivity index (χ0v) is 10.5. The average Bonchev–Trinajstić information content (AvgIpc) is 2.28. The lowest BCUT2D eigenvalue weighted by Gasteiger charge is -2.37. The summed E-state index contributed by atoms with van der Waals surface area (Å²) in [5.74, 6) is -0.745. The molecule has 1 aliphatic rings. The van der Waals surface area contributed by atoms with Crippen molar-refractivity contribution in [3.8, 4) is 0 Å². The minimum absolute atomic E-state index is 0.0353. The van der Waals surface area contributed by atoms with Crippen molar-refractivity contribution in [3.05, 3.63) is 30.1 Å². The first-order chi connectivity index (χ1) is 8.63. The predicted octanol–water partition coefficient (Wildman–Crippen LogP) is 0.719. The number of aromatic nitrogens is 1. The van der Waals surface area contributed by atoms with E-state index in [1.54, 1.807) is 12.4 Å². The lowest BCUT2D eigenvalue weighted by Crippen LogP contribution is -2.55. The van der Waals surface area contributed by atoms with Crippen molar-refractivity contribution in [2.45, 2.75) is 32.0 Å². The number of carboxylic acid groups (broad SMARTS) is 1. The Morgan fingerprint density at radius 1 is 1.50 bits per heavy atom. The van der Waals surface area contributed by atoms with E-state index in [9.17, 15) is 4.79 Å². The van der Waals surface area contributed by atoms with E-state index in [0.29, 0.717) is 6.04 Å². The average molecular weight is 249 g/mol. The molecule has 0 saturated carbocycles. The first kappa shape index (κ1) is 13.0. The molecular weight excluding hydrogens is 230 g/mol. The van der Waals surface area contributed by atoms with Gasteiger partial charge in [-0.2, -0.15) is 0 Å². The second-order valence-electron chi connectivity index (χ2n) is 4.91. The highest BCUT2D eigenvalue weighted by Crippen LogP contribution is 2.11. The SMILES string of the molecule is CC1CN(Cc2ccncc2)CC(CC(=O)O)N1. The zero-order chi connectivity index (χ0) is 13.0. The van der Waals surface area contributed by atoms with Gasteiger partial charge >= 0.3 is 5.97 Å². The van der Waals surface area contributed by atoms with Gasteiger partial charge in [0.05, 0.1) is 6.42 Å². The molecule has 1 aliphatic heterocycles. The molecular formula is C13H19N3O2. The maximum absolute atomic E-state index is 10.8. The number of carbonyl (C=O) groups is 1. The summed E-state index contributed by atoms with van der Waals surface area (Å²) in [4.78, 5) is 17.1. The Bertz CT molecular complexity index is 396. The second kappa shape index (κ2) is 5.93. The van der Waals surface area contributed by atoms with Gasteiger partial charge in [-0.05, 0) is 24.6 Å². The van der Waals surface area contributed by atoms with Crippen molar-refractivity contribution < 1.29 is 9.90 Å². The monoisotopic (exact) mass is 249 g/mol. The maximum atomic E-state index is 10.8. The fourth-order valence-electron chi connectivity index (χ4n) is 2.49. The molecule has 0 aromatic carbocycles. The van der Waals surface area contributed by atoms with E-state index in [0.717, 1.165) is 19.6 Å². The van der Waals surface area contributed by atoms with E-state index in [1.165, 1.54) is 5.56 Å². The molecule has 1 saturated heterocycles. The third-order valence-electron chi connectivity index (χ3n) is 3.11. The second-order valence-corrected chi connectivity index (χ2v) is 4.91. The van der Waals surface area contributed by atoms with E-state index >= 15 is 0 Å². The van der Waals surface area contributed by atoms with Gasteiger partial charge in [0, 0.05) is 44.1 Å². The normalized spacial score (nSPS) is 24.9. The summed E-state index contributed by atoms with van der Waals surface area (Å²) in [6.45, 7) is 4.66. The molecule has 2 unspecified atom stereocenters. The number of hydrogen-bond acceptors (Lipinski definition) is 4. The first-order valence-electron chi connectivity index (χ1n) is 6.22. The number of aliphatic carboxylic acids is 1. The minimum atomic E-state index is -0.745. The molecule has 5 heteroatoms. The Morgan fingerprint density at radius 2 is 2.22 bits per heavy atom. The number of piperazine rings is 1. The van der Waals surface area contributed by atoms with Gasteiger partial charge in [-0.15, -0.1) is 0 Å². The summed E-state index contributed by atoms with van der Waals surface area (Å²) in [6, 6.07) is 4.36. The summed E-state index contributed by atoms with van der Waals surface area (Å²) in [6.07, 6.45) is 3.75. The van der Waals surface area contributed by atoms with Crippen LogP contribution in [-0.2, 0) is 11.3 Å². The van der Waals surface area contributed by atoms with Crippen LogP contribution in [0.3, 0.4) is 0 Å². The van der Waals surface area contributed by atoms with Crippen molar-refractivity contribution in [2.24, 2.45) is 0 Å². The van der Waals surface area contributed by atoms with Crippen LogP contribution in [0.4, 0.5) is 0 Å². The van der Waals surface area contributed by atoms with Crippen LogP contribution in [0.15, 0.2) is 24.5 Å². The van der Waals surface area contributed by atoms with E-state index in [2.05, 4.69) is 22.1 Å². The molecule has 0 radical (unpaired) electrons. The van der Waals surface area contributed by atoms with E-state index in [1.807, 2.05) is 12.1 Å². The van der Waals surface area contributed by atoms with Crippen molar-refractivity contribution in [1.82, 2.24) is 15.2 Å². The number of nitrogens with zero attached hydrogens (tertiary/aromatic N) is 2. The third-order valence-corrected chi connectivity index (χ3v) is 3.11. The molecule has 2 rings (SSSR count). The third kappa shape index (κ3) is 3.78. The Kier molecular flexibility index (Phi) is 4.28. The van der Waals surface area contributed by atoms with Crippen LogP contribution in [0.1, 0.15) is 18.9 Å². The van der Waals surface area contributed by atoms with E-state index in [4.69, 9.17) is 5.11 Å². The van der Waals surface area contributed by atoms with Crippen LogP contribution in [0.25, 0.3) is 0 Å². The van der Waals surface area contributed by atoms with Crippen LogP contribution in [0, 0.1) is 0 Å². The molecule has 1 aromatic rings. The highest BCUT2D eigenvalue weighted by Gasteiger charge is 2.25. The fraction of sp³-hybridized carbons (Fsp3) is 0.538. The molecule has 1 aromatic heterocycles. The van der Waals surface area contributed by atoms with Crippen molar-refractivity contribution >= 4 is 5.97 Å². The molecule has 5 nitrogen and oxygen atoms in total. The standard InChI is InChI=1S/C13H19N3O2/c1-10-7-16(8-11-2-4-14-5-3-11)9-12(15-10)6-13(17)18/h2-5,10,12,15H,6-9H2,1H3,(H,17,18). The Balaban J connectivity index is 1.94. The number of pyridine rings is 1.